The van der Waals surface area contributed by atoms with Gasteiger partial charge in [0.1, 0.15) is 22.4 Å². The second-order valence-electron chi connectivity index (χ2n) is 7.69. The van der Waals surface area contributed by atoms with E-state index in [2.05, 4.69) is 20.1 Å². The maximum Gasteiger partial charge on any atom is 0.573 e. The Balaban J connectivity index is 2.31. The molecule has 2 aromatic carbocycles. The highest BCUT2D eigenvalue weighted by molar-refractivity contribution is 7.92. The van der Waals surface area contributed by atoms with Crippen molar-refractivity contribution in [1.29, 1.82) is 0 Å². The van der Waals surface area contributed by atoms with Crippen molar-refractivity contribution in [3.8, 4) is 11.5 Å². The van der Waals surface area contributed by atoms with Crippen LogP contribution in [-0.4, -0.2) is 39.2 Å². The summed E-state index contributed by atoms with van der Waals surface area (Å²) in [4.78, 5) is 23.7. The minimum Gasteiger partial charge on any atom is -0.492 e. The third-order valence-corrected chi connectivity index (χ3v) is 5.85. The van der Waals surface area contributed by atoms with E-state index in [9.17, 15) is 31.2 Å². The van der Waals surface area contributed by atoms with Crippen molar-refractivity contribution in [3.63, 3.8) is 0 Å². The number of hydrogen-bond donors (Lipinski definition) is 3. The molecule has 0 heterocycles. The molecule has 1 unspecified atom stereocenters. The Labute approximate surface area is 201 Å². The molecule has 0 aromatic heterocycles. The summed E-state index contributed by atoms with van der Waals surface area (Å²) in [5, 5.41) is 5.17. The summed E-state index contributed by atoms with van der Waals surface area (Å²) in [6.45, 7) is 6.51. The Kier molecular flexibility index (Phi) is 8.96. The highest BCUT2D eigenvalue weighted by atomic mass is 32.2. The minimum atomic E-state index is -4.94. The SMILES string of the molecule is CCOc1cc(NC(=O)C(NC(C)=O)C(C)C)ccc1S(=O)(=O)Nc1cccc(OC(F)(F)F)c1. The molecular weight excluding hydrogens is 491 g/mol. The van der Waals surface area contributed by atoms with Gasteiger partial charge in [0.25, 0.3) is 10.0 Å². The number of carbonyl (C=O) groups is 2. The second-order valence-corrected chi connectivity index (χ2v) is 9.34. The Bertz CT molecular complexity index is 1170. The van der Waals surface area contributed by atoms with Crippen molar-refractivity contribution < 1.29 is 40.7 Å². The number of alkyl halides is 3. The predicted octanol–water partition coefficient (Wildman–Crippen LogP) is 3.88. The van der Waals surface area contributed by atoms with Crippen LogP contribution in [0.1, 0.15) is 27.7 Å². The molecule has 2 rings (SSSR count). The maximum atomic E-state index is 13.0. The van der Waals surface area contributed by atoms with E-state index in [0.717, 1.165) is 12.1 Å². The Morgan fingerprint density at radius 2 is 1.74 bits per heavy atom. The van der Waals surface area contributed by atoms with Crippen molar-refractivity contribution >= 4 is 33.2 Å². The first-order valence-corrected chi connectivity index (χ1v) is 11.9. The molecule has 192 valence electrons. The number of hydrogen-bond acceptors (Lipinski definition) is 6. The molecular formula is C22H26F3N3O6S. The van der Waals surface area contributed by atoms with Crippen molar-refractivity contribution in [2.24, 2.45) is 5.92 Å². The number of amides is 2. The molecule has 2 amide bonds. The number of benzene rings is 2. The zero-order valence-corrected chi connectivity index (χ0v) is 20.2. The van der Waals surface area contributed by atoms with Gasteiger partial charge in [-0.3, -0.25) is 14.3 Å². The molecule has 13 heteroatoms. The summed E-state index contributed by atoms with van der Waals surface area (Å²) < 4.78 is 74.8. The van der Waals surface area contributed by atoms with E-state index in [0.29, 0.717) is 0 Å². The van der Waals surface area contributed by atoms with Crippen molar-refractivity contribution in [2.75, 3.05) is 16.6 Å². The van der Waals surface area contributed by atoms with Crippen molar-refractivity contribution in [2.45, 2.75) is 45.0 Å². The average Bonchev–Trinajstić information content (AvgIpc) is 2.70. The van der Waals surface area contributed by atoms with Crippen LogP contribution in [-0.2, 0) is 19.6 Å². The average molecular weight is 518 g/mol. The quantitative estimate of drug-likeness (QED) is 0.440. The van der Waals surface area contributed by atoms with Crippen LogP contribution in [0.5, 0.6) is 11.5 Å². The van der Waals surface area contributed by atoms with Gasteiger partial charge in [0.2, 0.25) is 11.8 Å². The Morgan fingerprint density at radius 3 is 2.31 bits per heavy atom. The first kappa shape index (κ1) is 27.8. The normalized spacial score (nSPS) is 12.6. The molecule has 0 aliphatic rings. The van der Waals surface area contributed by atoms with Gasteiger partial charge in [-0.15, -0.1) is 13.2 Å². The lowest BCUT2D eigenvalue weighted by atomic mass is 10.0. The molecule has 0 saturated heterocycles. The summed E-state index contributed by atoms with van der Waals surface area (Å²) in [6, 6.07) is 7.34. The molecule has 3 N–H and O–H groups in total. The lowest BCUT2D eigenvalue weighted by molar-refractivity contribution is -0.274. The fraction of sp³-hybridized carbons (Fsp3) is 0.364. The van der Waals surface area contributed by atoms with Crippen LogP contribution in [0.25, 0.3) is 0 Å². The molecule has 35 heavy (non-hydrogen) atoms. The van der Waals surface area contributed by atoms with E-state index >= 15 is 0 Å². The fourth-order valence-electron chi connectivity index (χ4n) is 3.02. The number of ether oxygens (including phenoxy) is 2. The van der Waals surface area contributed by atoms with Gasteiger partial charge in [-0.25, -0.2) is 8.42 Å². The largest absolute Gasteiger partial charge is 0.573 e. The monoisotopic (exact) mass is 517 g/mol. The number of carbonyl (C=O) groups excluding carboxylic acids is 2. The zero-order chi connectivity index (χ0) is 26.4. The summed E-state index contributed by atoms with van der Waals surface area (Å²) in [5.74, 6) is -1.80. The number of halogens is 3. The van der Waals surface area contributed by atoms with E-state index in [1.54, 1.807) is 20.8 Å². The molecule has 0 radical (unpaired) electrons. The third-order valence-electron chi connectivity index (χ3n) is 4.43. The van der Waals surface area contributed by atoms with E-state index in [1.807, 2.05) is 0 Å². The van der Waals surface area contributed by atoms with Crippen LogP contribution in [0.2, 0.25) is 0 Å². The van der Waals surface area contributed by atoms with Crippen LogP contribution < -0.4 is 24.8 Å². The van der Waals surface area contributed by atoms with Crippen LogP contribution in [0.15, 0.2) is 47.4 Å². The van der Waals surface area contributed by atoms with Gasteiger partial charge in [0.15, 0.2) is 0 Å². The van der Waals surface area contributed by atoms with Crippen molar-refractivity contribution in [3.05, 3.63) is 42.5 Å². The summed E-state index contributed by atoms with van der Waals surface area (Å²) in [6.07, 6.45) is -4.94. The van der Waals surface area contributed by atoms with Gasteiger partial charge in [-0.2, -0.15) is 0 Å². The lowest BCUT2D eigenvalue weighted by Gasteiger charge is -2.21. The minimum absolute atomic E-state index is 0.0926. The molecule has 0 saturated carbocycles. The molecule has 0 bridgehead atoms. The second kappa shape index (κ2) is 11.3. The topological polar surface area (TPSA) is 123 Å². The Hall–Kier alpha value is -3.48. The van der Waals surface area contributed by atoms with Crippen LogP contribution in [0.3, 0.4) is 0 Å². The van der Waals surface area contributed by atoms with E-state index < -0.39 is 34.1 Å². The van der Waals surface area contributed by atoms with Crippen LogP contribution in [0.4, 0.5) is 24.5 Å². The number of sulfonamides is 1. The third kappa shape index (κ3) is 8.35. The highest BCUT2D eigenvalue weighted by Crippen LogP contribution is 2.31. The summed E-state index contributed by atoms with van der Waals surface area (Å²) in [5.41, 5.74) is 0.0515. The fourth-order valence-corrected chi connectivity index (χ4v) is 4.19. The van der Waals surface area contributed by atoms with E-state index in [-0.39, 0.29) is 40.5 Å². The van der Waals surface area contributed by atoms with Crippen molar-refractivity contribution in [1.82, 2.24) is 5.32 Å². The molecule has 2 aromatic rings. The van der Waals surface area contributed by atoms with Crippen LogP contribution >= 0.6 is 0 Å². The van der Waals surface area contributed by atoms with Gasteiger partial charge in [-0.05, 0) is 37.1 Å². The molecule has 9 nitrogen and oxygen atoms in total. The van der Waals surface area contributed by atoms with Crippen LogP contribution in [0, 0.1) is 5.92 Å². The highest BCUT2D eigenvalue weighted by Gasteiger charge is 2.31. The number of anilines is 2. The van der Waals surface area contributed by atoms with Gasteiger partial charge in [-0.1, -0.05) is 19.9 Å². The maximum absolute atomic E-state index is 13.0. The van der Waals surface area contributed by atoms with Gasteiger partial charge < -0.3 is 20.1 Å². The molecule has 0 aliphatic heterocycles. The molecule has 0 fully saturated rings. The van der Waals surface area contributed by atoms with E-state index in [4.69, 9.17) is 4.74 Å². The Morgan fingerprint density at radius 1 is 1.06 bits per heavy atom. The smallest absolute Gasteiger partial charge is 0.492 e. The summed E-state index contributed by atoms with van der Waals surface area (Å²) in [7, 11) is -4.30. The van der Waals surface area contributed by atoms with Gasteiger partial charge >= 0.3 is 6.36 Å². The van der Waals surface area contributed by atoms with Gasteiger partial charge in [0, 0.05) is 24.7 Å². The van der Waals surface area contributed by atoms with E-state index in [1.165, 1.54) is 37.3 Å². The molecule has 0 aliphatic carbocycles. The molecule has 0 spiro atoms. The predicted molar refractivity (Wildman–Crippen MR) is 123 cm³/mol. The standard InChI is InChI=1S/C22H26F3N3O6S/c1-5-33-18-12-15(27-21(30)20(13(2)3)26-14(4)29)9-10-19(18)35(31,32)28-16-7-6-8-17(11-16)34-22(23,24)25/h6-13,20,28H,5H2,1-4H3,(H,26,29)(H,27,30). The summed E-state index contributed by atoms with van der Waals surface area (Å²) >= 11 is 0. The lowest BCUT2D eigenvalue weighted by Crippen LogP contribution is -2.46. The first-order chi connectivity index (χ1) is 16.2. The van der Waals surface area contributed by atoms with Gasteiger partial charge in [0.05, 0.1) is 12.3 Å². The zero-order valence-electron chi connectivity index (χ0n) is 19.4. The number of nitrogens with one attached hydrogen (secondary N) is 3. The number of rotatable bonds is 10. The molecule has 1 atom stereocenters. The first-order valence-electron chi connectivity index (χ1n) is 10.4.